The first-order valence-corrected chi connectivity index (χ1v) is 3.60. The van der Waals surface area contributed by atoms with E-state index in [1.807, 2.05) is 0 Å². The molecule has 0 amide bonds. The normalized spacial score (nSPS) is 21.2. The molecule has 0 radical (unpaired) electrons. The third kappa shape index (κ3) is 2.86. The molecular weight excluding hydrogens is 164 g/mol. The van der Waals surface area contributed by atoms with E-state index in [-0.39, 0.29) is 0 Å². The summed E-state index contributed by atoms with van der Waals surface area (Å²) in [5, 5.41) is 35.8. The van der Waals surface area contributed by atoms with Crippen molar-refractivity contribution in [2.45, 2.75) is 38.3 Å². The zero-order valence-electron chi connectivity index (χ0n) is 7.01. The molecule has 0 aromatic heterocycles. The molecular formula is C7H14O5. The van der Waals surface area contributed by atoms with Gasteiger partial charge in [-0.15, -0.1) is 0 Å². The third-order valence-electron chi connectivity index (χ3n) is 1.58. The van der Waals surface area contributed by atoms with Crippen LogP contribution in [-0.2, 0) is 4.79 Å². The first-order chi connectivity index (χ1) is 5.37. The molecule has 0 bridgehead atoms. The first kappa shape index (κ1) is 11.5. The SMILES string of the molecule is CC(=O)[C@H](O)[C@@H](O)[C@@H](O)[C@@H](C)O. The monoisotopic (exact) mass is 178 g/mol. The highest BCUT2D eigenvalue weighted by Gasteiger charge is 2.30. The Morgan fingerprint density at radius 2 is 1.50 bits per heavy atom. The number of aliphatic hydroxyl groups is 4. The van der Waals surface area contributed by atoms with Gasteiger partial charge in [-0.1, -0.05) is 0 Å². The molecule has 0 aromatic rings. The van der Waals surface area contributed by atoms with Crippen molar-refractivity contribution in [3.8, 4) is 0 Å². The van der Waals surface area contributed by atoms with Crippen LogP contribution < -0.4 is 0 Å². The third-order valence-corrected chi connectivity index (χ3v) is 1.58. The van der Waals surface area contributed by atoms with Gasteiger partial charge in [-0.25, -0.2) is 0 Å². The molecule has 0 spiro atoms. The van der Waals surface area contributed by atoms with Gasteiger partial charge in [0.25, 0.3) is 0 Å². The Kier molecular flexibility index (Phi) is 4.33. The maximum atomic E-state index is 10.5. The van der Waals surface area contributed by atoms with Gasteiger partial charge in [-0.05, 0) is 13.8 Å². The molecule has 0 saturated heterocycles. The van der Waals surface area contributed by atoms with E-state index in [1.54, 1.807) is 0 Å². The van der Waals surface area contributed by atoms with Crippen molar-refractivity contribution in [3.05, 3.63) is 0 Å². The number of hydrogen-bond acceptors (Lipinski definition) is 5. The molecule has 12 heavy (non-hydrogen) atoms. The van der Waals surface area contributed by atoms with Crippen molar-refractivity contribution in [3.63, 3.8) is 0 Å². The lowest BCUT2D eigenvalue weighted by Crippen LogP contribution is -2.46. The lowest BCUT2D eigenvalue weighted by atomic mass is 10.0. The molecule has 0 aromatic carbocycles. The Labute approximate surface area is 70.3 Å². The Hall–Kier alpha value is -0.490. The summed E-state index contributed by atoms with van der Waals surface area (Å²) in [7, 11) is 0. The molecule has 4 N–H and O–H groups in total. The number of hydrogen-bond donors (Lipinski definition) is 4. The minimum atomic E-state index is -1.64. The number of ketones is 1. The maximum absolute atomic E-state index is 10.5. The second-order valence-corrected chi connectivity index (χ2v) is 2.78. The van der Waals surface area contributed by atoms with Crippen molar-refractivity contribution in [1.82, 2.24) is 0 Å². The van der Waals surface area contributed by atoms with Gasteiger partial charge in [0.1, 0.15) is 18.3 Å². The van der Waals surface area contributed by atoms with Crippen LogP contribution in [0.4, 0.5) is 0 Å². The summed E-state index contributed by atoms with van der Waals surface area (Å²) in [5.74, 6) is -0.651. The van der Waals surface area contributed by atoms with E-state index in [0.29, 0.717) is 0 Å². The average Bonchev–Trinajstić information content (AvgIpc) is 2.00. The molecule has 5 nitrogen and oxygen atoms in total. The minimum absolute atomic E-state index is 0.651. The molecule has 0 unspecified atom stereocenters. The van der Waals surface area contributed by atoms with Crippen molar-refractivity contribution >= 4 is 5.78 Å². The van der Waals surface area contributed by atoms with E-state index in [9.17, 15) is 4.79 Å². The lowest BCUT2D eigenvalue weighted by Gasteiger charge is -2.22. The maximum Gasteiger partial charge on any atom is 0.160 e. The van der Waals surface area contributed by atoms with Gasteiger partial charge in [-0.2, -0.15) is 0 Å². The Balaban J connectivity index is 4.18. The van der Waals surface area contributed by atoms with Crippen LogP contribution in [0.2, 0.25) is 0 Å². The van der Waals surface area contributed by atoms with Gasteiger partial charge in [-0.3, -0.25) is 4.79 Å². The predicted molar refractivity (Wildman–Crippen MR) is 40.4 cm³/mol. The second kappa shape index (κ2) is 4.51. The van der Waals surface area contributed by atoms with Gasteiger partial charge in [0.2, 0.25) is 0 Å². The van der Waals surface area contributed by atoms with E-state index in [1.165, 1.54) is 6.92 Å². The predicted octanol–water partition coefficient (Wildman–Crippen LogP) is -1.96. The van der Waals surface area contributed by atoms with Crippen LogP contribution in [0, 0.1) is 0 Å². The van der Waals surface area contributed by atoms with E-state index in [0.717, 1.165) is 6.92 Å². The van der Waals surface area contributed by atoms with Gasteiger partial charge >= 0.3 is 0 Å². The first-order valence-electron chi connectivity index (χ1n) is 3.60. The molecule has 0 aliphatic carbocycles. The van der Waals surface area contributed by atoms with E-state index >= 15 is 0 Å². The number of rotatable bonds is 4. The van der Waals surface area contributed by atoms with Gasteiger partial charge in [0, 0.05) is 0 Å². The molecule has 5 heteroatoms. The summed E-state index contributed by atoms with van der Waals surface area (Å²) < 4.78 is 0. The molecule has 0 aliphatic rings. The summed E-state index contributed by atoms with van der Waals surface area (Å²) in [6.45, 7) is 2.34. The number of carbonyl (C=O) groups excluding carboxylic acids is 1. The molecule has 0 rings (SSSR count). The highest BCUT2D eigenvalue weighted by molar-refractivity contribution is 5.80. The molecule has 0 aliphatic heterocycles. The minimum Gasteiger partial charge on any atom is -0.391 e. The number of aliphatic hydroxyl groups excluding tert-OH is 4. The largest absolute Gasteiger partial charge is 0.391 e. The smallest absolute Gasteiger partial charge is 0.160 e. The zero-order chi connectivity index (χ0) is 9.89. The van der Waals surface area contributed by atoms with Crippen LogP contribution in [0.1, 0.15) is 13.8 Å². The fourth-order valence-corrected chi connectivity index (χ4v) is 0.713. The van der Waals surface area contributed by atoms with Crippen LogP contribution in [-0.4, -0.2) is 50.6 Å². The molecule has 4 atom stereocenters. The highest BCUT2D eigenvalue weighted by Crippen LogP contribution is 2.05. The molecule has 0 heterocycles. The molecule has 72 valence electrons. The Morgan fingerprint density at radius 1 is 1.08 bits per heavy atom. The van der Waals surface area contributed by atoms with Crippen LogP contribution in [0.15, 0.2) is 0 Å². The Bertz CT molecular complexity index is 156. The van der Waals surface area contributed by atoms with Crippen molar-refractivity contribution in [1.29, 1.82) is 0 Å². The topological polar surface area (TPSA) is 98.0 Å². The summed E-state index contributed by atoms with van der Waals surface area (Å²) in [6, 6.07) is 0. The highest BCUT2D eigenvalue weighted by atomic mass is 16.4. The Morgan fingerprint density at radius 3 is 1.75 bits per heavy atom. The van der Waals surface area contributed by atoms with Crippen LogP contribution in [0.5, 0.6) is 0 Å². The van der Waals surface area contributed by atoms with Crippen molar-refractivity contribution in [2.75, 3.05) is 0 Å². The fourth-order valence-electron chi connectivity index (χ4n) is 0.713. The fraction of sp³-hybridized carbons (Fsp3) is 0.857. The lowest BCUT2D eigenvalue weighted by molar-refractivity contribution is -0.141. The standard InChI is InChI=1S/C7H14O5/c1-3(8)5(10)7(12)6(11)4(2)9/h3,5-8,10-12H,1-2H3/t3-,5+,6+,7+/m1/s1. The van der Waals surface area contributed by atoms with Gasteiger partial charge in [0.15, 0.2) is 5.78 Å². The van der Waals surface area contributed by atoms with E-state index < -0.39 is 30.2 Å². The van der Waals surface area contributed by atoms with Crippen molar-refractivity contribution in [2.24, 2.45) is 0 Å². The quantitative estimate of drug-likeness (QED) is 0.400. The zero-order valence-corrected chi connectivity index (χ0v) is 7.01. The number of Topliss-reactive ketones (excluding diaryl/α,β-unsaturated/α-hetero) is 1. The van der Waals surface area contributed by atoms with Crippen molar-refractivity contribution < 1.29 is 25.2 Å². The number of carbonyl (C=O) groups is 1. The summed E-state index contributed by atoms with van der Waals surface area (Å²) in [5.41, 5.74) is 0. The molecule has 0 fully saturated rings. The van der Waals surface area contributed by atoms with Crippen LogP contribution in [0.3, 0.4) is 0 Å². The van der Waals surface area contributed by atoms with E-state index in [4.69, 9.17) is 20.4 Å². The van der Waals surface area contributed by atoms with Gasteiger partial charge < -0.3 is 20.4 Å². The second-order valence-electron chi connectivity index (χ2n) is 2.78. The van der Waals surface area contributed by atoms with Crippen LogP contribution in [0.25, 0.3) is 0 Å². The molecule has 0 saturated carbocycles. The average molecular weight is 178 g/mol. The summed E-state index contributed by atoms with van der Waals surface area (Å²) >= 11 is 0. The van der Waals surface area contributed by atoms with Crippen LogP contribution >= 0.6 is 0 Å². The van der Waals surface area contributed by atoms with Gasteiger partial charge in [0.05, 0.1) is 6.10 Å². The summed E-state index contributed by atoms with van der Waals surface area (Å²) in [6.07, 6.45) is -5.98. The van der Waals surface area contributed by atoms with E-state index in [2.05, 4.69) is 0 Å². The summed E-state index contributed by atoms with van der Waals surface area (Å²) in [4.78, 5) is 10.5.